The van der Waals surface area contributed by atoms with Crippen LogP contribution in [0.1, 0.15) is 51.3 Å². The third kappa shape index (κ3) is 6.93. The van der Waals surface area contributed by atoms with Gasteiger partial charge in [0.25, 0.3) is 0 Å². The maximum absolute atomic E-state index is 13.5. The second-order valence-electron chi connectivity index (χ2n) is 7.76. The fourth-order valence-corrected chi connectivity index (χ4v) is 3.38. The largest absolute Gasteiger partial charge is 0.387 e. The van der Waals surface area contributed by atoms with E-state index < -0.39 is 0 Å². The van der Waals surface area contributed by atoms with Crippen LogP contribution in [0, 0.1) is 11.7 Å². The van der Waals surface area contributed by atoms with Crippen molar-refractivity contribution in [1.29, 1.82) is 0 Å². The first-order valence-corrected chi connectivity index (χ1v) is 9.88. The van der Waals surface area contributed by atoms with Gasteiger partial charge in [-0.3, -0.25) is 0 Å². The third-order valence-corrected chi connectivity index (χ3v) is 4.82. The van der Waals surface area contributed by atoms with E-state index in [1.54, 1.807) is 12.1 Å². The molecule has 4 heteroatoms. The van der Waals surface area contributed by atoms with Gasteiger partial charge in [-0.15, -0.1) is 0 Å². The lowest BCUT2D eigenvalue weighted by molar-refractivity contribution is -0.917. The molecule has 1 aromatic heterocycles. The predicted molar refractivity (Wildman–Crippen MR) is 105 cm³/mol. The summed E-state index contributed by atoms with van der Waals surface area (Å²) < 4.78 is 15.6. The van der Waals surface area contributed by atoms with E-state index in [2.05, 4.69) is 43.7 Å². The molecule has 0 amide bonds. The maximum atomic E-state index is 13.5. The summed E-state index contributed by atoms with van der Waals surface area (Å²) >= 11 is 0. The summed E-state index contributed by atoms with van der Waals surface area (Å²) in [6.07, 6.45) is 4.83. The van der Waals surface area contributed by atoms with Crippen molar-refractivity contribution in [2.24, 2.45) is 5.92 Å². The van der Waals surface area contributed by atoms with Gasteiger partial charge >= 0.3 is 0 Å². The third-order valence-electron chi connectivity index (χ3n) is 4.82. The van der Waals surface area contributed by atoms with Gasteiger partial charge in [-0.2, -0.15) is 0 Å². The second kappa shape index (κ2) is 10.5. The highest BCUT2D eigenvalue weighted by Gasteiger charge is 2.17. The number of aliphatic hydroxyl groups is 1. The summed E-state index contributed by atoms with van der Waals surface area (Å²) in [4.78, 5) is 1.42. The molecule has 0 fully saturated rings. The van der Waals surface area contributed by atoms with Crippen LogP contribution in [0.25, 0.3) is 0 Å². The van der Waals surface area contributed by atoms with Crippen LogP contribution < -0.4 is 4.90 Å². The first kappa shape index (κ1) is 20.7. The quantitative estimate of drug-likeness (QED) is 0.632. The standard InChI is InChI=1S/C22H33FN2O/c1-4-7-22(26)17-24(13-11-18(2)3)16-21-10-6-12-25(21)15-19-8-5-9-20(23)14-19/h5-6,8-10,12,14,18,22,26H,4,7,11,13,15-17H2,1-3H3/p+1/t22-/m1/s1. The van der Waals surface area contributed by atoms with Crippen LogP contribution in [0.5, 0.6) is 0 Å². The number of benzene rings is 1. The Hall–Kier alpha value is -1.65. The number of hydrogen-bond acceptors (Lipinski definition) is 1. The Morgan fingerprint density at radius 3 is 2.65 bits per heavy atom. The van der Waals surface area contributed by atoms with E-state index in [0.717, 1.165) is 44.5 Å². The van der Waals surface area contributed by atoms with E-state index in [1.807, 2.05) is 6.07 Å². The van der Waals surface area contributed by atoms with Crippen molar-refractivity contribution in [1.82, 2.24) is 4.57 Å². The van der Waals surface area contributed by atoms with Crippen molar-refractivity contribution in [2.75, 3.05) is 13.1 Å². The highest BCUT2D eigenvalue weighted by Crippen LogP contribution is 2.09. The summed E-state index contributed by atoms with van der Waals surface area (Å²) in [6.45, 7) is 10.0. The van der Waals surface area contributed by atoms with Gasteiger partial charge in [-0.25, -0.2) is 4.39 Å². The molecule has 0 saturated heterocycles. The minimum absolute atomic E-state index is 0.192. The average Bonchev–Trinajstić information content (AvgIpc) is 2.99. The fraction of sp³-hybridized carbons (Fsp3) is 0.545. The van der Waals surface area contributed by atoms with E-state index in [4.69, 9.17) is 0 Å². The molecule has 0 aliphatic heterocycles. The van der Waals surface area contributed by atoms with Gasteiger partial charge < -0.3 is 14.6 Å². The monoisotopic (exact) mass is 361 g/mol. The maximum Gasteiger partial charge on any atom is 0.123 e. The molecular formula is C22H34FN2O+. The second-order valence-corrected chi connectivity index (χ2v) is 7.76. The van der Waals surface area contributed by atoms with Gasteiger partial charge in [0.1, 0.15) is 25.0 Å². The highest BCUT2D eigenvalue weighted by molar-refractivity contribution is 5.18. The van der Waals surface area contributed by atoms with Crippen molar-refractivity contribution in [3.8, 4) is 0 Å². The molecule has 1 aromatic carbocycles. The van der Waals surface area contributed by atoms with Crippen LogP contribution >= 0.6 is 0 Å². The van der Waals surface area contributed by atoms with E-state index >= 15 is 0 Å². The summed E-state index contributed by atoms with van der Waals surface area (Å²) in [7, 11) is 0. The first-order valence-electron chi connectivity index (χ1n) is 9.88. The van der Waals surface area contributed by atoms with Crippen molar-refractivity contribution in [3.63, 3.8) is 0 Å². The van der Waals surface area contributed by atoms with Crippen LogP contribution in [0.3, 0.4) is 0 Å². The minimum atomic E-state index is -0.242. The number of aliphatic hydroxyl groups excluding tert-OH is 1. The zero-order valence-corrected chi connectivity index (χ0v) is 16.4. The summed E-state index contributed by atoms with van der Waals surface area (Å²) in [5, 5.41) is 10.3. The van der Waals surface area contributed by atoms with Crippen LogP contribution in [-0.4, -0.2) is 28.9 Å². The number of rotatable bonds is 11. The molecule has 1 unspecified atom stereocenters. The van der Waals surface area contributed by atoms with Crippen LogP contribution in [0.15, 0.2) is 42.6 Å². The Morgan fingerprint density at radius 2 is 1.96 bits per heavy atom. The van der Waals surface area contributed by atoms with Gasteiger partial charge in [-0.05, 0) is 48.6 Å². The Bertz CT molecular complexity index is 653. The van der Waals surface area contributed by atoms with E-state index in [0.29, 0.717) is 12.5 Å². The number of nitrogens with zero attached hydrogens (tertiary/aromatic N) is 1. The van der Waals surface area contributed by atoms with E-state index in [-0.39, 0.29) is 11.9 Å². The molecular weight excluding hydrogens is 327 g/mol. The van der Waals surface area contributed by atoms with E-state index in [1.165, 1.54) is 16.7 Å². The lowest BCUT2D eigenvalue weighted by Gasteiger charge is -2.24. The van der Waals surface area contributed by atoms with Crippen molar-refractivity contribution in [3.05, 3.63) is 59.7 Å². The van der Waals surface area contributed by atoms with Crippen LogP contribution in [0.4, 0.5) is 4.39 Å². The SMILES string of the molecule is CCC[C@@H](O)C[NH+](CCC(C)C)Cc1cccn1Cc1cccc(F)c1. The molecule has 2 aromatic rings. The molecule has 3 nitrogen and oxygen atoms in total. The van der Waals surface area contributed by atoms with E-state index in [9.17, 15) is 9.50 Å². The zero-order chi connectivity index (χ0) is 18.9. The number of nitrogens with one attached hydrogen (secondary N) is 1. The number of quaternary nitrogens is 1. The molecule has 26 heavy (non-hydrogen) atoms. The van der Waals surface area contributed by atoms with Gasteiger partial charge in [0.2, 0.25) is 0 Å². The summed E-state index contributed by atoms with van der Waals surface area (Å²) in [5.41, 5.74) is 2.20. The lowest BCUT2D eigenvalue weighted by Crippen LogP contribution is -3.12. The molecule has 2 atom stereocenters. The summed E-state index contributed by atoms with van der Waals surface area (Å²) in [6, 6.07) is 11.0. The topological polar surface area (TPSA) is 29.6 Å². The van der Waals surface area contributed by atoms with Crippen molar-refractivity contribution in [2.45, 2.75) is 59.2 Å². The molecule has 0 bridgehead atoms. The number of aromatic nitrogens is 1. The average molecular weight is 362 g/mol. The zero-order valence-electron chi connectivity index (χ0n) is 16.4. The Morgan fingerprint density at radius 1 is 1.15 bits per heavy atom. The Balaban J connectivity index is 2.05. The van der Waals surface area contributed by atoms with Gasteiger partial charge in [-0.1, -0.05) is 39.3 Å². The molecule has 2 rings (SSSR count). The number of hydrogen-bond donors (Lipinski definition) is 2. The lowest BCUT2D eigenvalue weighted by atomic mass is 10.1. The summed E-state index contributed by atoms with van der Waals surface area (Å²) in [5.74, 6) is 0.468. The smallest absolute Gasteiger partial charge is 0.123 e. The molecule has 2 N–H and O–H groups in total. The number of halogens is 1. The molecule has 0 saturated carbocycles. The molecule has 0 radical (unpaired) electrons. The van der Waals surface area contributed by atoms with Crippen molar-refractivity contribution < 1.29 is 14.4 Å². The predicted octanol–water partition coefficient (Wildman–Crippen LogP) is 3.27. The Labute approximate surface area is 157 Å². The Kier molecular flexibility index (Phi) is 8.33. The fourth-order valence-electron chi connectivity index (χ4n) is 3.38. The minimum Gasteiger partial charge on any atom is -0.387 e. The van der Waals surface area contributed by atoms with Crippen molar-refractivity contribution >= 4 is 0 Å². The normalized spacial score (nSPS) is 13.9. The molecule has 1 heterocycles. The van der Waals surface area contributed by atoms with Crippen LogP contribution in [-0.2, 0) is 13.1 Å². The van der Waals surface area contributed by atoms with Crippen LogP contribution in [0.2, 0.25) is 0 Å². The van der Waals surface area contributed by atoms with Gasteiger partial charge in [0, 0.05) is 12.7 Å². The highest BCUT2D eigenvalue weighted by atomic mass is 19.1. The molecule has 144 valence electrons. The molecule has 0 aliphatic carbocycles. The molecule has 0 aliphatic rings. The first-order chi connectivity index (χ1) is 12.5. The molecule has 0 spiro atoms. The van der Waals surface area contributed by atoms with Gasteiger partial charge in [0.05, 0.1) is 12.2 Å². The van der Waals surface area contributed by atoms with Gasteiger partial charge in [0.15, 0.2) is 0 Å².